The van der Waals surface area contributed by atoms with Crippen LogP contribution in [0.15, 0.2) is 12.1 Å². The Bertz CT molecular complexity index is 387. The Kier molecular flexibility index (Phi) is 4.43. The third kappa shape index (κ3) is 3.64. The highest BCUT2D eigenvalue weighted by molar-refractivity contribution is 5.90. The summed E-state index contributed by atoms with van der Waals surface area (Å²) in [4.78, 5) is 13.2. The number of hydrogen-bond donors (Lipinski definition) is 3. The zero-order valence-electron chi connectivity index (χ0n) is 10.2. The van der Waals surface area contributed by atoms with E-state index in [4.69, 9.17) is 5.73 Å². The van der Waals surface area contributed by atoms with E-state index in [9.17, 15) is 4.79 Å². The largest absolute Gasteiger partial charge is 0.367 e. The third-order valence-electron chi connectivity index (χ3n) is 2.86. The number of amides is 1. The highest BCUT2D eigenvalue weighted by Gasteiger charge is 2.08. The quantitative estimate of drug-likeness (QED) is 0.613. The van der Waals surface area contributed by atoms with Crippen LogP contribution in [0.2, 0.25) is 0 Å². The van der Waals surface area contributed by atoms with E-state index in [-0.39, 0.29) is 5.69 Å². The van der Waals surface area contributed by atoms with Crippen LogP contribution >= 0.6 is 0 Å². The number of aromatic nitrogens is 2. The monoisotopic (exact) mass is 250 g/mol. The smallest absolute Gasteiger partial charge is 0.269 e. The van der Waals surface area contributed by atoms with Crippen LogP contribution in [0.25, 0.3) is 0 Å². The number of nitrogens with one attached hydrogen (secondary N) is 2. The number of piperazine rings is 1. The summed E-state index contributed by atoms with van der Waals surface area (Å²) < 4.78 is 0. The fourth-order valence-corrected chi connectivity index (χ4v) is 1.83. The minimum absolute atomic E-state index is 0.183. The number of nitrogens with two attached hydrogens (primary N) is 1. The molecule has 0 bridgehead atoms. The number of carbonyl (C=O) groups is 1. The van der Waals surface area contributed by atoms with Gasteiger partial charge in [-0.2, -0.15) is 0 Å². The summed E-state index contributed by atoms with van der Waals surface area (Å²) in [7, 11) is 0. The molecule has 0 aliphatic carbocycles. The molecular weight excluding hydrogens is 232 g/mol. The Morgan fingerprint density at radius 3 is 2.78 bits per heavy atom. The number of carbonyl (C=O) groups excluding carboxylic acids is 1. The zero-order valence-corrected chi connectivity index (χ0v) is 10.2. The van der Waals surface area contributed by atoms with Gasteiger partial charge in [0.2, 0.25) is 0 Å². The summed E-state index contributed by atoms with van der Waals surface area (Å²) in [5.74, 6) is 0.102. The number of nitrogens with zero attached hydrogens (tertiary/aromatic N) is 3. The SMILES string of the molecule is NC(=O)c1ccc(NCCN2CCNCC2)nn1. The molecule has 0 unspecified atom stereocenters. The summed E-state index contributed by atoms with van der Waals surface area (Å²) in [5, 5.41) is 14.1. The minimum atomic E-state index is -0.560. The fraction of sp³-hybridized carbons (Fsp3) is 0.545. The van der Waals surface area contributed by atoms with Crippen LogP contribution < -0.4 is 16.4 Å². The first-order valence-electron chi connectivity index (χ1n) is 6.06. The molecule has 1 aromatic rings. The molecule has 0 aromatic carbocycles. The van der Waals surface area contributed by atoms with Gasteiger partial charge in [-0.25, -0.2) is 0 Å². The molecule has 1 aromatic heterocycles. The van der Waals surface area contributed by atoms with Crippen LogP contribution in [-0.4, -0.2) is 60.3 Å². The minimum Gasteiger partial charge on any atom is -0.367 e. The molecule has 7 nitrogen and oxygen atoms in total. The second kappa shape index (κ2) is 6.27. The van der Waals surface area contributed by atoms with E-state index in [2.05, 4.69) is 25.7 Å². The van der Waals surface area contributed by atoms with Crippen molar-refractivity contribution >= 4 is 11.7 Å². The lowest BCUT2D eigenvalue weighted by atomic mass is 10.3. The topological polar surface area (TPSA) is 96.2 Å². The highest BCUT2D eigenvalue weighted by atomic mass is 16.1. The maximum atomic E-state index is 10.8. The summed E-state index contributed by atoms with van der Waals surface area (Å²) in [6.07, 6.45) is 0. The van der Waals surface area contributed by atoms with Gasteiger partial charge in [-0.15, -0.1) is 10.2 Å². The van der Waals surface area contributed by atoms with Crippen molar-refractivity contribution in [1.82, 2.24) is 20.4 Å². The molecule has 0 radical (unpaired) electrons. The van der Waals surface area contributed by atoms with Crippen molar-refractivity contribution in [3.05, 3.63) is 17.8 Å². The van der Waals surface area contributed by atoms with Gasteiger partial charge in [-0.1, -0.05) is 0 Å². The molecule has 98 valence electrons. The van der Waals surface area contributed by atoms with Crippen LogP contribution in [0.3, 0.4) is 0 Å². The Morgan fingerprint density at radius 2 is 2.17 bits per heavy atom. The van der Waals surface area contributed by atoms with Crippen LogP contribution in [0.5, 0.6) is 0 Å². The lowest BCUT2D eigenvalue weighted by Gasteiger charge is -2.27. The Morgan fingerprint density at radius 1 is 1.39 bits per heavy atom. The zero-order chi connectivity index (χ0) is 12.8. The van der Waals surface area contributed by atoms with Crippen LogP contribution in [-0.2, 0) is 0 Å². The molecule has 1 amide bonds. The van der Waals surface area contributed by atoms with E-state index >= 15 is 0 Å². The normalized spacial score (nSPS) is 16.4. The molecule has 1 saturated heterocycles. The van der Waals surface area contributed by atoms with E-state index in [0.29, 0.717) is 5.82 Å². The molecule has 4 N–H and O–H groups in total. The predicted octanol–water partition coefficient (Wildman–Crippen LogP) is -1.11. The second-order valence-electron chi connectivity index (χ2n) is 4.19. The predicted molar refractivity (Wildman–Crippen MR) is 68.3 cm³/mol. The Hall–Kier alpha value is -1.73. The molecule has 1 aliphatic heterocycles. The van der Waals surface area contributed by atoms with Gasteiger partial charge in [0.15, 0.2) is 5.69 Å². The maximum absolute atomic E-state index is 10.8. The van der Waals surface area contributed by atoms with Crippen molar-refractivity contribution < 1.29 is 4.79 Å². The molecule has 2 rings (SSSR count). The second-order valence-corrected chi connectivity index (χ2v) is 4.19. The van der Waals surface area contributed by atoms with Gasteiger partial charge in [-0.3, -0.25) is 9.69 Å². The van der Waals surface area contributed by atoms with E-state index in [1.165, 1.54) is 0 Å². The van der Waals surface area contributed by atoms with E-state index in [1.54, 1.807) is 12.1 Å². The Balaban J connectivity index is 1.74. The van der Waals surface area contributed by atoms with Crippen molar-refractivity contribution in [3.8, 4) is 0 Å². The number of rotatable bonds is 5. The number of anilines is 1. The van der Waals surface area contributed by atoms with Crippen LogP contribution in [0.1, 0.15) is 10.5 Å². The third-order valence-corrected chi connectivity index (χ3v) is 2.86. The van der Waals surface area contributed by atoms with Crippen molar-refractivity contribution in [2.75, 3.05) is 44.6 Å². The van der Waals surface area contributed by atoms with E-state index in [1.807, 2.05) is 0 Å². The maximum Gasteiger partial charge on any atom is 0.269 e. The molecule has 18 heavy (non-hydrogen) atoms. The van der Waals surface area contributed by atoms with Gasteiger partial charge in [0.25, 0.3) is 5.91 Å². The van der Waals surface area contributed by atoms with Crippen molar-refractivity contribution in [1.29, 1.82) is 0 Å². The van der Waals surface area contributed by atoms with Crippen molar-refractivity contribution in [2.45, 2.75) is 0 Å². The molecule has 1 fully saturated rings. The molecule has 0 saturated carbocycles. The molecule has 7 heteroatoms. The number of hydrogen-bond acceptors (Lipinski definition) is 6. The summed E-state index contributed by atoms with van der Waals surface area (Å²) in [5.41, 5.74) is 5.27. The van der Waals surface area contributed by atoms with Crippen molar-refractivity contribution in [2.24, 2.45) is 5.73 Å². The highest BCUT2D eigenvalue weighted by Crippen LogP contribution is 2.01. The van der Waals surface area contributed by atoms with Gasteiger partial charge < -0.3 is 16.4 Å². The summed E-state index contributed by atoms with van der Waals surface area (Å²) in [6, 6.07) is 3.29. The lowest BCUT2D eigenvalue weighted by Crippen LogP contribution is -2.45. The molecule has 0 spiro atoms. The average molecular weight is 250 g/mol. The van der Waals surface area contributed by atoms with Crippen LogP contribution in [0.4, 0.5) is 5.82 Å². The van der Waals surface area contributed by atoms with Gasteiger partial charge in [-0.05, 0) is 12.1 Å². The first-order chi connectivity index (χ1) is 8.75. The lowest BCUT2D eigenvalue weighted by molar-refractivity contribution is 0.0994. The molecular formula is C11H18N6O. The average Bonchev–Trinajstić information content (AvgIpc) is 2.40. The Labute approximate surface area is 106 Å². The van der Waals surface area contributed by atoms with Gasteiger partial charge in [0.05, 0.1) is 0 Å². The fourth-order valence-electron chi connectivity index (χ4n) is 1.83. The number of primary amides is 1. The van der Waals surface area contributed by atoms with Crippen LogP contribution in [0, 0.1) is 0 Å². The molecule has 0 atom stereocenters. The first kappa shape index (κ1) is 12.7. The van der Waals surface area contributed by atoms with E-state index in [0.717, 1.165) is 39.3 Å². The molecule has 2 heterocycles. The summed E-state index contributed by atoms with van der Waals surface area (Å²) >= 11 is 0. The molecule has 1 aliphatic rings. The van der Waals surface area contributed by atoms with Crippen molar-refractivity contribution in [3.63, 3.8) is 0 Å². The van der Waals surface area contributed by atoms with E-state index < -0.39 is 5.91 Å². The van der Waals surface area contributed by atoms with Gasteiger partial charge in [0, 0.05) is 39.3 Å². The summed E-state index contributed by atoms with van der Waals surface area (Å²) in [6.45, 7) is 6.04. The first-order valence-corrected chi connectivity index (χ1v) is 6.06. The van der Waals surface area contributed by atoms with Gasteiger partial charge >= 0.3 is 0 Å². The standard InChI is InChI=1S/C11H18N6O/c12-11(18)9-1-2-10(16-15-9)14-5-8-17-6-3-13-4-7-17/h1-2,13H,3-8H2,(H2,12,18)(H,14,16). The van der Waals surface area contributed by atoms with Gasteiger partial charge in [0.1, 0.15) is 5.82 Å².